The molecule has 1 aliphatic rings. The quantitative estimate of drug-likeness (QED) is 0.418. The Morgan fingerprint density at radius 1 is 1.60 bits per heavy atom. The maximum atomic E-state index is 9.60. The highest BCUT2D eigenvalue weighted by atomic mass is 16.3. The molecular formula is C10H22N4O. The van der Waals surface area contributed by atoms with Crippen molar-refractivity contribution >= 4 is 5.84 Å². The number of nitrogens with zero attached hydrogens (tertiary/aromatic N) is 2. The van der Waals surface area contributed by atoms with Gasteiger partial charge in [-0.3, -0.25) is 10.3 Å². The molecule has 0 amide bonds. The number of aliphatic hydroxyl groups is 1. The fourth-order valence-electron chi connectivity index (χ4n) is 2.11. The molecule has 1 aliphatic heterocycles. The van der Waals surface area contributed by atoms with Gasteiger partial charge in [-0.2, -0.15) is 0 Å². The first-order valence-electron chi connectivity index (χ1n) is 5.38. The van der Waals surface area contributed by atoms with Crippen LogP contribution in [0.25, 0.3) is 0 Å². The van der Waals surface area contributed by atoms with E-state index in [-0.39, 0.29) is 11.9 Å². The summed E-state index contributed by atoms with van der Waals surface area (Å²) < 4.78 is 0. The molecule has 1 saturated heterocycles. The summed E-state index contributed by atoms with van der Waals surface area (Å²) in [6, 6.07) is 0.398. The topological polar surface area (TPSA) is 76.6 Å². The van der Waals surface area contributed by atoms with Gasteiger partial charge < -0.3 is 15.7 Å². The van der Waals surface area contributed by atoms with Crippen LogP contribution in [0, 0.1) is 5.41 Å². The Hall–Kier alpha value is -0.650. The summed E-state index contributed by atoms with van der Waals surface area (Å²) in [5, 5.41) is 16.8. The van der Waals surface area contributed by atoms with Crippen LogP contribution in [0.4, 0.5) is 0 Å². The van der Waals surface area contributed by atoms with Crippen molar-refractivity contribution < 1.29 is 5.11 Å². The van der Waals surface area contributed by atoms with Gasteiger partial charge in [0.15, 0.2) is 0 Å². The van der Waals surface area contributed by atoms with Gasteiger partial charge in [-0.1, -0.05) is 0 Å². The molecule has 0 aromatic carbocycles. The van der Waals surface area contributed by atoms with Crippen molar-refractivity contribution in [1.29, 1.82) is 5.41 Å². The molecule has 1 heterocycles. The number of hydrogen-bond acceptors (Lipinski definition) is 4. The summed E-state index contributed by atoms with van der Waals surface area (Å²) in [4.78, 5) is 4.36. The Morgan fingerprint density at radius 3 is 2.80 bits per heavy atom. The molecule has 5 heteroatoms. The highest BCUT2D eigenvalue weighted by Crippen LogP contribution is 2.18. The molecule has 0 bridgehead atoms. The van der Waals surface area contributed by atoms with Gasteiger partial charge in [-0.25, -0.2) is 0 Å². The lowest BCUT2D eigenvalue weighted by atomic mass is 10.2. The monoisotopic (exact) mass is 214 g/mol. The minimum Gasteiger partial charge on any atom is -0.392 e. The number of nitrogens with two attached hydrogens (primary N) is 1. The van der Waals surface area contributed by atoms with Crippen LogP contribution in [0.1, 0.15) is 12.8 Å². The van der Waals surface area contributed by atoms with Crippen LogP contribution < -0.4 is 5.73 Å². The van der Waals surface area contributed by atoms with Crippen LogP contribution in [-0.2, 0) is 0 Å². The predicted molar refractivity (Wildman–Crippen MR) is 61.1 cm³/mol. The fraction of sp³-hybridized carbons (Fsp3) is 0.900. The minimum absolute atomic E-state index is 0.220. The van der Waals surface area contributed by atoms with Crippen molar-refractivity contribution in [3.05, 3.63) is 0 Å². The lowest BCUT2D eigenvalue weighted by molar-refractivity contribution is 0.174. The fourth-order valence-corrected chi connectivity index (χ4v) is 2.11. The van der Waals surface area contributed by atoms with Gasteiger partial charge in [-0.05, 0) is 20.5 Å². The van der Waals surface area contributed by atoms with Gasteiger partial charge in [0, 0.05) is 32.1 Å². The van der Waals surface area contributed by atoms with Gasteiger partial charge >= 0.3 is 0 Å². The average molecular weight is 214 g/mol. The molecule has 15 heavy (non-hydrogen) atoms. The summed E-state index contributed by atoms with van der Waals surface area (Å²) in [5.41, 5.74) is 5.34. The second-order valence-electron chi connectivity index (χ2n) is 4.58. The molecule has 1 rings (SSSR count). The third-order valence-corrected chi connectivity index (χ3v) is 2.75. The number of likely N-dealkylation sites (tertiary alicyclic amines) is 1. The summed E-state index contributed by atoms with van der Waals surface area (Å²) in [6.45, 7) is 2.45. The zero-order valence-electron chi connectivity index (χ0n) is 9.61. The van der Waals surface area contributed by atoms with Crippen LogP contribution in [0.15, 0.2) is 0 Å². The van der Waals surface area contributed by atoms with Crippen molar-refractivity contribution in [3.8, 4) is 0 Å². The Kier molecular flexibility index (Phi) is 4.50. The highest BCUT2D eigenvalue weighted by Gasteiger charge is 2.30. The minimum atomic E-state index is -0.220. The van der Waals surface area contributed by atoms with Gasteiger partial charge in [0.05, 0.1) is 11.9 Å². The third-order valence-electron chi connectivity index (χ3n) is 2.75. The second kappa shape index (κ2) is 5.44. The van der Waals surface area contributed by atoms with E-state index >= 15 is 0 Å². The van der Waals surface area contributed by atoms with Crippen molar-refractivity contribution in [2.45, 2.75) is 25.0 Å². The van der Waals surface area contributed by atoms with Gasteiger partial charge in [0.1, 0.15) is 0 Å². The molecule has 0 aromatic rings. The molecule has 0 radical (unpaired) electrons. The predicted octanol–water partition coefficient (Wildman–Crippen LogP) is -0.691. The smallest absolute Gasteiger partial charge is 0.0918 e. The summed E-state index contributed by atoms with van der Waals surface area (Å²) in [6.07, 6.45) is 1.20. The average Bonchev–Trinajstić information content (AvgIpc) is 2.41. The van der Waals surface area contributed by atoms with Crippen LogP contribution in [0.3, 0.4) is 0 Å². The van der Waals surface area contributed by atoms with Crippen molar-refractivity contribution in [1.82, 2.24) is 9.80 Å². The Balaban J connectivity index is 2.41. The number of aliphatic hydroxyl groups excluding tert-OH is 1. The lowest BCUT2D eigenvalue weighted by Gasteiger charge is -2.26. The molecule has 0 saturated carbocycles. The van der Waals surface area contributed by atoms with Crippen LogP contribution in [0.5, 0.6) is 0 Å². The molecule has 5 nitrogen and oxygen atoms in total. The van der Waals surface area contributed by atoms with Crippen molar-refractivity contribution in [2.75, 3.05) is 33.7 Å². The van der Waals surface area contributed by atoms with E-state index in [9.17, 15) is 5.11 Å². The summed E-state index contributed by atoms with van der Waals surface area (Å²) in [5.74, 6) is 0.222. The van der Waals surface area contributed by atoms with E-state index in [0.717, 1.165) is 19.5 Å². The van der Waals surface area contributed by atoms with E-state index in [2.05, 4.69) is 9.80 Å². The maximum Gasteiger partial charge on any atom is 0.0918 e. The number of β-amino-alcohol motifs (C(OH)–C–C–N with tert-alkyl or cyclic N) is 1. The van der Waals surface area contributed by atoms with Gasteiger partial charge in [0.25, 0.3) is 0 Å². The van der Waals surface area contributed by atoms with E-state index in [1.807, 2.05) is 14.1 Å². The lowest BCUT2D eigenvalue weighted by Crippen LogP contribution is -2.39. The van der Waals surface area contributed by atoms with Gasteiger partial charge in [0.2, 0.25) is 0 Å². The first-order valence-corrected chi connectivity index (χ1v) is 5.38. The number of amidine groups is 1. The van der Waals surface area contributed by atoms with E-state index in [0.29, 0.717) is 19.0 Å². The maximum absolute atomic E-state index is 9.60. The molecule has 0 aromatic heterocycles. The molecule has 4 N–H and O–H groups in total. The molecular weight excluding hydrogens is 192 g/mol. The number of rotatable bonds is 5. The molecule has 2 atom stereocenters. The number of hydrogen-bond donors (Lipinski definition) is 3. The zero-order valence-corrected chi connectivity index (χ0v) is 9.61. The number of likely N-dealkylation sites (N-methyl/N-ethyl adjacent to an activating group) is 1. The molecule has 1 fully saturated rings. The van der Waals surface area contributed by atoms with Crippen molar-refractivity contribution in [3.63, 3.8) is 0 Å². The SMILES string of the molecule is CN(C)CC1CC(O)CN1CCC(=N)N. The Morgan fingerprint density at radius 2 is 2.27 bits per heavy atom. The van der Waals surface area contributed by atoms with E-state index in [1.54, 1.807) is 0 Å². The standard InChI is InChI=1S/C10H22N4O/c1-13(2)6-8-5-9(15)7-14(8)4-3-10(11)12/h8-9,15H,3-7H2,1-2H3,(H3,11,12). The van der Waals surface area contributed by atoms with Crippen LogP contribution in [0.2, 0.25) is 0 Å². The first-order chi connectivity index (χ1) is 6.99. The zero-order chi connectivity index (χ0) is 11.4. The molecule has 88 valence electrons. The van der Waals surface area contributed by atoms with Crippen LogP contribution >= 0.6 is 0 Å². The Labute approximate surface area is 91.4 Å². The van der Waals surface area contributed by atoms with Gasteiger partial charge in [-0.15, -0.1) is 0 Å². The second-order valence-corrected chi connectivity index (χ2v) is 4.58. The molecule has 0 aliphatic carbocycles. The summed E-state index contributed by atoms with van der Waals surface area (Å²) in [7, 11) is 4.07. The first kappa shape index (κ1) is 12.4. The van der Waals surface area contributed by atoms with E-state index < -0.39 is 0 Å². The summed E-state index contributed by atoms with van der Waals surface area (Å²) >= 11 is 0. The van der Waals surface area contributed by atoms with E-state index in [4.69, 9.17) is 11.1 Å². The normalized spacial score (nSPS) is 27.5. The highest BCUT2D eigenvalue weighted by molar-refractivity contribution is 5.76. The number of nitrogens with one attached hydrogen (secondary N) is 1. The third kappa shape index (κ3) is 4.15. The largest absolute Gasteiger partial charge is 0.392 e. The molecule has 2 unspecified atom stereocenters. The van der Waals surface area contributed by atoms with Crippen molar-refractivity contribution in [2.24, 2.45) is 5.73 Å². The Bertz CT molecular complexity index is 219. The van der Waals surface area contributed by atoms with E-state index in [1.165, 1.54) is 0 Å². The molecule has 0 spiro atoms. The van der Waals surface area contributed by atoms with Crippen LogP contribution in [-0.4, -0.2) is 66.6 Å².